The van der Waals surface area contributed by atoms with Crippen LogP contribution in [0.25, 0.3) is 0 Å². The first-order valence-electron chi connectivity index (χ1n) is 10.0. The predicted molar refractivity (Wildman–Crippen MR) is 120 cm³/mol. The Balaban J connectivity index is 1.73. The number of carbonyl (C=O) groups is 1. The Morgan fingerprint density at radius 2 is 1.53 bits per heavy atom. The summed E-state index contributed by atoms with van der Waals surface area (Å²) < 4.78 is 0. The van der Waals surface area contributed by atoms with E-state index >= 15 is 0 Å². The molecular weight excluding hydrogens is 412 g/mol. The first-order chi connectivity index (χ1) is 15.3. The van der Waals surface area contributed by atoms with E-state index in [1.165, 1.54) is 0 Å². The quantitative estimate of drug-likeness (QED) is 0.443. The SMILES string of the molecule is C[C@H]1C[C@@H](Nc2ccccc2)c2ccccc2N1C(=O)c1cc([N+](=O)[O-])cc([N+](=O)[O-])c1. The fraction of sp³-hybridized carbons (Fsp3) is 0.174. The number of nitro groups is 2. The fourth-order valence-electron chi connectivity index (χ4n) is 4.06. The molecule has 3 aromatic rings. The second kappa shape index (κ2) is 8.46. The Morgan fingerprint density at radius 3 is 2.16 bits per heavy atom. The second-order valence-electron chi connectivity index (χ2n) is 7.63. The van der Waals surface area contributed by atoms with Crippen LogP contribution in [-0.2, 0) is 0 Å². The van der Waals surface area contributed by atoms with Crippen molar-refractivity contribution in [1.29, 1.82) is 0 Å². The van der Waals surface area contributed by atoms with Crippen molar-refractivity contribution in [3.05, 3.63) is 104 Å². The zero-order valence-corrected chi connectivity index (χ0v) is 17.2. The zero-order chi connectivity index (χ0) is 22.8. The molecule has 0 saturated heterocycles. The second-order valence-corrected chi connectivity index (χ2v) is 7.63. The molecule has 3 aromatic carbocycles. The van der Waals surface area contributed by atoms with Gasteiger partial charge in [-0.2, -0.15) is 0 Å². The molecule has 9 nitrogen and oxygen atoms in total. The Bertz CT molecular complexity index is 1170. The van der Waals surface area contributed by atoms with E-state index < -0.39 is 27.1 Å². The van der Waals surface area contributed by atoms with Gasteiger partial charge in [-0.1, -0.05) is 36.4 Å². The van der Waals surface area contributed by atoms with Gasteiger partial charge in [0.15, 0.2) is 0 Å². The topological polar surface area (TPSA) is 119 Å². The summed E-state index contributed by atoms with van der Waals surface area (Å²) in [5.74, 6) is -0.519. The molecule has 2 atom stereocenters. The fourth-order valence-corrected chi connectivity index (χ4v) is 4.06. The Labute approximate surface area is 183 Å². The van der Waals surface area contributed by atoms with Crippen molar-refractivity contribution in [3.63, 3.8) is 0 Å². The number of hydrogen-bond acceptors (Lipinski definition) is 6. The van der Waals surface area contributed by atoms with Crippen LogP contribution in [0.15, 0.2) is 72.8 Å². The van der Waals surface area contributed by atoms with Gasteiger partial charge in [0, 0.05) is 29.5 Å². The van der Waals surface area contributed by atoms with Crippen LogP contribution in [0.1, 0.15) is 35.3 Å². The van der Waals surface area contributed by atoms with Crippen LogP contribution in [0.5, 0.6) is 0 Å². The van der Waals surface area contributed by atoms with Crippen molar-refractivity contribution >= 4 is 28.7 Å². The number of anilines is 2. The number of nitrogens with zero attached hydrogens (tertiary/aromatic N) is 3. The lowest BCUT2D eigenvalue weighted by atomic mass is 9.90. The lowest BCUT2D eigenvalue weighted by Crippen LogP contribution is -2.44. The number of nitro benzene ring substituents is 2. The minimum Gasteiger partial charge on any atom is -0.378 e. The number of rotatable bonds is 5. The van der Waals surface area contributed by atoms with Gasteiger partial charge >= 0.3 is 0 Å². The zero-order valence-electron chi connectivity index (χ0n) is 17.2. The van der Waals surface area contributed by atoms with Crippen molar-refractivity contribution < 1.29 is 14.6 Å². The van der Waals surface area contributed by atoms with Crippen molar-refractivity contribution in [2.45, 2.75) is 25.4 Å². The third-order valence-corrected chi connectivity index (χ3v) is 5.49. The van der Waals surface area contributed by atoms with Gasteiger partial charge in [0.1, 0.15) is 0 Å². The summed E-state index contributed by atoms with van der Waals surface area (Å²) in [6.07, 6.45) is 0.592. The van der Waals surface area contributed by atoms with Crippen molar-refractivity contribution in [3.8, 4) is 0 Å². The summed E-state index contributed by atoms with van der Waals surface area (Å²) in [7, 11) is 0. The molecular formula is C23H20N4O5. The molecule has 0 aromatic heterocycles. The molecule has 1 amide bonds. The van der Waals surface area contributed by atoms with Crippen LogP contribution in [0.2, 0.25) is 0 Å². The highest BCUT2D eigenvalue weighted by Gasteiger charge is 2.35. The maximum atomic E-state index is 13.4. The van der Waals surface area contributed by atoms with Crippen LogP contribution in [0.3, 0.4) is 0 Å². The van der Waals surface area contributed by atoms with Crippen molar-refractivity contribution in [1.82, 2.24) is 0 Å². The number of non-ortho nitro benzene ring substituents is 2. The summed E-state index contributed by atoms with van der Waals surface area (Å²) in [6.45, 7) is 1.89. The van der Waals surface area contributed by atoms with Crippen LogP contribution in [0, 0.1) is 20.2 Å². The number of amides is 1. The van der Waals surface area contributed by atoms with Crippen LogP contribution >= 0.6 is 0 Å². The number of fused-ring (bicyclic) bond motifs is 1. The van der Waals surface area contributed by atoms with Gasteiger partial charge in [0.2, 0.25) is 0 Å². The summed E-state index contributed by atoms with van der Waals surface area (Å²) in [4.78, 5) is 36.0. The molecule has 0 spiro atoms. The minimum atomic E-state index is -0.739. The van der Waals surface area contributed by atoms with E-state index in [4.69, 9.17) is 0 Å². The van der Waals surface area contributed by atoms with E-state index in [0.29, 0.717) is 12.1 Å². The third kappa shape index (κ3) is 4.00. The average molecular weight is 432 g/mol. The number of carbonyl (C=O) groups excluding carboxylic acids is 1. The molecule has 1 aliphatic heterocycles. The highest BCUT2D eigenvalue weighted by atomic mass is 16.6. The normalized spacial score (nSPS) is 17.3. The van der Waals surface area contributed by atoms with Gasteiger partial charge in [-0.05, 0) is 37.1 Å². The van der Waals surface area contributed by atoms with Crippen molar-refractivity contribution in [2.75, 3.05) is 10.2 Å². The van der Waals surface area contributed by atoms with Gasteiger partial charge in [-0.25, -0.2) is 0 Å². The summed E-state index contributed by atoms with van der Waals surface area (Å²) in [5, 5.41) is 26.0. The maximum absolute atomic E-state index is 13.4. The molecule has 0 fully saturated rings. The molecule has 1 N–H and O–H groups in total. The molecule has 0 unspecified atom stereocenters. The van der Waals surface area contributed by atoms with Gasteiger partial charge in [0.25, 0.3) is 17.3 Å². The monoisotopic (exact) mass is 432 g/mol. The van der Waals surface area contributed by atoms with E-state index in [2.05, 4.69) is 5.32 Å². The van der Waals surface area contributed by atoms with Crippen molar-refractivity contribution in [2.24, 2.45) is 0 Å². The molecule has 32 heavy (non-hydrogen) atoms. The predicted octanol–water partition coefficient (Wildman–Crippen LogP) is 5.10. The Hall–Kier alpha value is -4.27. The summed E-state index contributed by atoms with van der Waals surface area (Å²) in [5.41, 5.74) is 1.44. The summed E-state index contributed by atoms with van der Waals surface area (Å²) >= 11 is 0. The maximum Gasteiger partial charge on any atom is 0.277 e. The highest BCUT2D eigenvalue weighted by molar-refractivity contribution is 6.08. The molecule has 0 radical (unpaired) electrons. The molecule has 4 rings (SSSR count). The largest absolute Gasteiger partial charge is 0.378 e. The Morgan fingerprint density at radius 1 is 0.938 bits per heavy atom. The van der Waals surface area contributed by atoms with Crippen LogP contribution in [-0.4, -0.2) is 21.8 Å². The molecule has 0 aliphatic carbocycles. The van der Waals surface area contributed by atoms with Gasteiger partial charge < -0.3 is 10.2 Å². The van der Waals surface area contributed by atoms with E-state index in [-0.39, 0.29) is 17.6 Å². The van der Waals surface area contributed by atoms with Crippen LogP contribution < -0.4 is 10.2 Å². The lowest BCUT2D eigenvalue weighted by Gasteiger charge is -2.40. The van der Waals surface area contributed by atoms with Gasteiger partial charge in [0.05, 0.1) is 27.5 Å². The molecule has 1 heterocycles. The van der Waals surface area contributed by atoms with Gasteiger partial charge in [-0.15, -0.1) is 0 Å². The van der Waals surface area contributed by atoms with E-state index in [9.17, 15) is 25.0 Å². The van der Waals surface area contributed by atoms with E-state index in [1.54, 1.807) is 4.90 Å². The number of para-hydroxylation sites is 2. The third-order valence-electron chi connectivity index (χ3n) is 5.49. The molecule has 9 heteroatoms. The van der Waals surface area contributed by atoms with Gasteiger partial charge in [-0.3, -0.25) is 25.0 Å². The van der Waals surface area contributed by atoms with E-state index in [0.717, 1.165) is 29.4 Å². The Kier molecular flexibility index (Phi) is 5.55. The van der Waals surface area contributed by atoms with E-state index in [1.807, 2.05) is 61.5 Å². The molecule has 1 aliphatic rings. The molecule has 0 saturated carbocycles. The average Bonchev–Trinajstić information content (AvgIpc) is 2.79. The number of benzene rings is 3. The number of hydrogen-bond donors (Lipinski definition) is 1. The highest BCUT2D eigenvalue weighted by Crippen LogP contribution is 2.40. The smallest absolute Gasteiger partial charge is 0.277 e. The molecule has 162 valence electrons. The minimum absolute atomic E-state index is 0.0490. The summed E-state index contributed by atoms with van der Waals surface area (Å²) in [6, 6.07) is 19.9. The standard InChI is InChI=1S/C23H20N4O5/c1-15-11-21(24-17-7-3-2-4-8-17)20-9-5-6-10-22(20)25(15)23(28)16-12-18(26(29)30)14-19(13-16)27(31)32/h2-10,12-15,21,24H,11H2,1H3/t15-,21+/m0/s1. The van der Waals surface area contributed by atoms with Crippen LogP contribution in [0.4, 0.5) is 22.7 Å². The number of nitrogens with one attached hydrogen (secondary N) is 1. The first-order valence-corrected chi connectivity index (χ1v) is 10.0. The lowest BCUT2D eigenvalue weighted by molar-refractivity contribution is -0.394. The first kappa shape index (κ1) is 21.0. The molecule has 0 bridgehead atoms.